The van der Waals surface area contributed by atoms with Crippen molar-refractivity contribution in [3.8, 4) is 0 Å². The Labute approximate surface area is 175 Å². The second kappa shape index (κ2) is 20.4. The van der Waals surface area contributed by atoms with Gasteiger partial charge in [-0.2, -0.15) is 0 Å². The number of aliphatic hydroxyl groups excluding tert-OH is 13. The molecule has 0 heterocycles. The van der Waals surface area contributed by atoms with E-state index in [0.29, 0.717) is 0 Å². The Morgan fingerprint density at radius 2 is 0.533 bits per heavy atom. The summed E-state index contributed by atoms with van der Waals surface area (Å²) in [6.45, 7) is 0.271. The highest BCUT2D eigenvalue weighted by Gasteiger charge is 2.23. The van der Waals surface area contributed by atoms with Crippen LogP contribution in [-0.4, -0.2) is 149 Å². The lowest BCUT2D eigenvalue weighted by Gasteiger charge is -2.20. The van der Waals surface area contributed by atoms with E-state index in [4.69, 9.17) is 66.4 Å². The molecule has 0 amide bonds. The highest BCUT2D eigenvalue weighted by Crippen LogP contribution is 2.08. The summed E-state index contributed by atoms with van der Waals surface area (Å²) >= 11 is 0. The summed E-state index contributed by atoms with van der Waals surface area (Å²) in [6, 6.07) is 0. The summed E-state index contributed by atoms with van der Waals surface area (Å²) in [5, 5.41) is 112. The molecule has 0 aliphatic heterocycles. The fraction of sp³-hybridized carbons (Fsp3) is 1.00. The van der Waals surface area contributed by atoms with Gasteiger partial charge in [-0.1, -0.05) is 13.8 Å². The van der Waals surface area contributed by atoms with E-state index in [-0.39, 0.29) is 0 Å². The normalized spacial score (nSPS) is 20.1. The van der Waals surface area contributed by atoms with Crippen LogP contribution in [0.2, 0.25) is 0 Å². The molecule has 13 heteroatoms. The highest BCUT2D eigenvalue weighted by molar-refractivity contribution is 4.73. The Morgan fingerprint density at radius 1 is 0.367 bits per heavy atom. The lowest BCUT2D eigenvalue weighted by molar-refractivity contribution is -0.0900. The molecule has 6 unspecified atom stereocenters. The van der Waals surface area contributed by atoms with Crippen LogP contribution in [0.4, 0.5) is 0 Å². The van der Waals surface area contributed by atoms with Crippen molar-refractivity contribution in [2.75, 3.05) is 39.6 Å². The van der Waals surface area contributed by atoms with Crippen LogP contribution in [0.1, 0.15) is 13.8 Å². The van der Waals surface area contributed by atoms with Crippen LogP contribution in [0.5, 0.6) is 0 Å². The molecule has 0 radical (unpaired) electrons. The minimum absolute atomic E-state index is 0.391. The van der Waals surface area contributed by atoms with E-state index in [2.05, 4.69) is 0 Å². The van der Waals surface area contributed by atoms with Crippen LogP contribution in [0.3, 0.4) is 0 Å². The molecule has 0 rings (SSSR count). The van der Waals surface area contributed by atoms with Crippen molar-refractivity contribution in [2.24, 2.45) is 11.8 Å². The van der Waals surface area contributed by atoms with Gasteiger partial charge in [0.15, 0.2) is 0 Å². The summed E-state index contributed by atoms with van der Waals surface area (Å²) in [4.78, 5) is 0. The average Bonchev–Trinajstić information content (AvgIpc) is 2.79. The van der Waals surface area contributed by atoms with E-state index in [1.54, 1.807) is 13.8 Å². The Balaban J connectivity index is -0.000000364. The summed E-state index contributed by atoms with van der Waals surface area (Å²) in [5.74, 6) is -0.981. The summed E-state index contributed by atoms with van der Waals surface area (Å²) in [7, 11) is 0. The molecule has 0 saturated heterocycles. The van der Waals surface area contributed by atoms with Gasteiger partial charge in [0, 0.05) is 11.8 Å². The zero-order valence-electron chi connectivity index (χ0n) is 17.3. The number of rotatable bonds is 12. The molecular weight excluding hydrogens is 412 g/mol. The molecule has 186 valence electrons. The molecule has 13 nitrogen and oxygen atoms in total. The molecule has 0 aromatic heterocycles. The quantitative estimate of drug-likeness (QED) is 0.131. The maximum Gasteiger partial charge on any atom is 0.110 e. The smallest absolute Gasteiger partial charge is 0.110 e. The third-order valence-electron chi connectivity index (χ3n) is 4.34. The van der Waals surface area contributed by atoms with Crippen molar-refractivity contribution in [2.45, 2.75) is 56.6 Å². The van der Waals surface area contributed by atoms with Gasteiger partial charge in [-0.3, -0.25) is 0 Å². The van der Waals surface area contributed by atoms with E-state index in [9.17, 15) is 0 Å². The summed E-state index contributed by atoms with van der Waals surface area (Å²) in [6.07, 6.45) is -8.12. The fourth-order valence-electron chi connectivity index (χ4n) is 1.65. The topological polar surface area (TPSA) is 263 Å². The Hall–Kier alpha value is -0.520. The fourth-order valence-corrected chi connectivity index (χ4v) is 1.65. The maximum atomic E-state index is 8.91. The first-order valence-electron chi connectivity index (χ1n) is 9.31. The molecule has 13 N–H and O–H groups in total. The van der Waals surface area contributed by atoms with Crippen molar-refractivity contribution in [1.82, 2.24) is 0 Å². The van der Waals surface area contributed by atoms with Crippen LogP contribution >= 0.6 is 0 Å². The zero-order valence-corrected chi connectivity index (χ0v) is 17.3. The molecule has 0 aliphatic carbocycles. The molecular formula is C17H40O13. The number of aliphatic hydroxyl groups is 13. The largest absolute Gasteiger partial charge is 0.394 e. The number of hydrogen-bond donors (Lipinski definition) is 13. The third kappa shape index (κ3) is 15.3. The van der Waals surface area contributed by atoms with Crippen molar-refractivity contribution >= 4 is 0 Å². The van der Waals surface area contributed by atoms with E-state index in [0.717, 1.165) is 0 Å². The third-order valence-corrected chi connectivity index (χ3v) is 4.34. The van der Waals surface area contributed by atoms with Gasteiger partial charge in [-0.25, -0.2) is 0 Å². The molecule has 0 fully saturated rings. The van der Waals surface area contributed by atoms with Crippen LogP contribution in [0.15, 0.2) is 0 Å². The minimum Gasteiger partial charge on any atom is -0.394 e. The monoisotopic (exact) mass is 452 g/mol. The molecule has 0 aromatic carbocycles. The van der Waals surface area contributed by atoms with Gasteiger partial charge in [0.1, 0.15) is 18.3 Å². The lowest BCUT2D eigenvalue weighted by Crippen LogP contribution is -2.41. The molecule has 0 spiro atoms. The summed E-state index contributed by atoms with van der Waals surface area (Å²) in [5.41, 5.74) is 0. The van der Waals surface area contributed by atoms with E-state index in [1.807, 2.05) is 0 Å². The van der Waals surface area contributed by atoms with Crippen LogP contribution < -0.4 is 0 Å². The molecule has 0 aliphatic rings. The van der Waals surface area contributed by atoms with Gasteiger partial charge in [0.05, 0.1) is 64.1 Å². The predicted molar refractivity (Wildman–Crippen MR) is 103 cm³/mol. The zero-order chi connectivity index (χ0) is 24.4. The highest BCUT2D eigenvalue weighted by atomic mass is 16.4. The van der Waals surface area contributed by atoms with Crippen molar-refractivity contribution in [1.29, 1.82) is 0 Å². The van der Waals surface area contributed by atoms with E-state index < -0.39 is 94.2 Å². The molecule has 0 aromatic rings. The average molecular weight is 452 g/mol. The molecule has 0 saturated carbocycles. The summed E-state index contributed by atoms with van der Waals surface area (Å²) < 4.78 is 0. The maximum absolute atomic E-state index is 8.91. The number of hydrogen-bond acceptors (Lipinski definition) is 13. The Bertz CT molecular complexity index is 280. The second-order valence-electron chi connectivity index (χ2n) is 6.71. The van der Waals surface area contributed by atoms with Crippen LogP contribution in [0.25, 0.3) is 0 Å². The van der Waals surface area contributed by atoms with Gasteiger partial charge < -0.3 is 66.4 Å². The van der Waals surface area contributed by atoms with Gasteiger partial charge in [-0.05, 0) is 0 Å². The minimum atomic E-state index is -1.49. The molecule has 0 bridgehead atoms. The van der Waals surface area contributed by atoms with Crippen LogP contribution in [0, 0.1) is 11.8 Å². The van der Waals surface area contributed by atoms with Gasteiger partial charge >= 0.3 is 0 Å². The van der Waals surface area contributed by atoms with Gasteiger partial charge in [-0.15, -0.1) is 0 Å². The van der Waals surface area contributed by atoms with Crippen molar-refractivity contribution in [3.63, 3.8) is 0 Å². The molecule has 30 heavy (non-hydrogen) atoms. The van der Waals surface area contributed by atoms with Gasteiger partial charge in [0.2, 0.25) is 0 Å². The Kier molecular flexibility index (Phi) is 23.2. The first kappa shape index (κ1) is 34.1. The van der Waals surface area contributed by atoms with Crippen molar-refractivity contribution in [3.05, 3.63) is 0 Å². The van der Waals surface area contributed by atoms with Gasteiger partial charge in [0.25, 0.3) is 0 Å². The predicted octanol–water partition coefficient (Wildman–Crippen LogP) is -6.29. The van der Waals surface area contributed by atoms with Crippen molar-refractivity contribution < 1.29 is 66.4 Å². The SMILES string of the molecule is CC(C(O)CO)C(O)CO.CC(C(O)CO)C(O)CO.OCC(O)C(O)C(O)CO. The van der Waals surface area contributed by atoms with Crippen LogP contribution in [-0.2, 0) is 0 Å². The second-order valence-corrected chi connectivity index (χ2v) is 6.71. The Morgan fingerprint density at radius 3 is 0.667 bits per heavy atom. The standard InChI is InChI=1S/2C6H14O4.C5H12O5/c2*1-4(5(9)2-7)6(10)3-8;6-1-3(8)5(10)4(9)2-7/h2*4-10H,2-3H2,1H3;3-10H,1-2H2. The lowest BCUT2D eigenvalue weighted by atomic mass is 9.99. The van der Waals surface area contributed by atoms with E-state index >= 15 is 0 Å². The molecule has 6 atom stereocenters. The van der Waals surface area contributed by atoms with E-state index in [1.165, 1.54) is 0 Å². The first-order valence-corrected chi connectivity index (χ1v) is 9.31. The first-order chi connectivity index (χ1) is 13.9.